The molecular weight excluding hydrogens is 268 g/mol. The van der Waals surface area contributed by atoms with Crippen molar-refractivity contribution in [2.45, 2.75) is 32.9 Å². The lowest BCUT2D eigenvalue weighted by Gasteiger charge is -2.20. The molecule has 2 N–H and O–H groups in total. The molecule has 1 aromatic carbocycles. The Morgan fingerprint density at radius 2 is 1.95 bits per heavy atom. The molecule has 0 bridgehead atoms. The summed E-state index contributed by atoms with van der Waals surface area (Å²) in [6, 6.07) is 12.7. The zero-order chi connectivity index (χ0) is 14.5. The Hall–Kier alpha value is -1.65. The number of hydrogen-bond acceptors (Lipinski definition) is 3. The van der Waals surface area contributed by atoms with E-state index in [1.165, 1.54) is 17.4 Å². The highest BCUT2D eigenvalue weighted by Crippen LogP contribution is 2.24. The van der Waals surface area contributed by atoms with Gasteiger partial charge in [-0.2, -0.15) is 0 Å². The first-order valence-corrected chi connectivity index (χ1v) is 7.61. The molecule has 0 aliphatic carbocycles. The van der Waals surface area contributed by atoms with Crippen molar-refractivity contribution in [2.75, 3.05) is 5.32 Å². The van der Waals surface area contributed by atoms with E-state index in [1.54, 1.807) is 11.3 Å². The van der Waals surface area contributed by atoms with E-state index in [-0.39, 0.29) is 11.9 Å². The molecular formula is C16H20N2OS. The fourth-order valence-corrected chi connectivity index (χ4v) is 2.92. The van der Waals surface area contributed by atoms with Crippen molar-refractivity contribution in [3.05, 3.63) is 52.2 Å². The molecule has 0 spiro atoms. The maximum Gasteiger partial charge on any atom is 0.221 e. The van der Waals surface area contributed by atoms with Gasteiger partial charge in [0.15, 0.2) is 0 Å². The van der Waals surface area contributed by atoms with Crippen LogP contribution in [0.5, 0.6) is 0 Å². The molecule has 0 aliphatic heterocycles. The summed E-state index contributed by atoms with van der Waals surface area (Å²) in [6.45, 7) is 5.82. The Morgan fingerprint density at radius 3 is 2.60 bits per heavy atom. The summed E-state index contributed by atoms with van der Waals surface area (Å²) in [5.41, 5.74) is 2.01. The Kier molecular flexibility index (Phi) is 4.93. The number of nitrogens with one attached hydrogen (secondary N) is 2. The average Bonchev–Trinajstić information content (AvgIpc) is 2.92. The molecule has 0 aliphatic rings. The second-order valence-electron chi connectivity index (χ2n) is 4.93. The third kappa shape index (κ3) is 3.92. The lowest BCUT2D eigenvalue weighted by atomic mass is 10.1. The summed E-state index contributed by atoms with van der Waals surface area (Å²) in [4.78, 5) is 12.4. The molecule has 2 aromatic rings. The van der Waals surface area contributed by atoms with E-state index in [2.05, 4.69) is 48.1 Å². The highest BCUT2D eigenvalue weighted by atomic mass is 32.1. The summed E-state index contributed by atoms with van der Waals surface area (Å²) in [6.07, 6.45) is 0. The van der Waals surface area contributed by atoms with Crippen LogP contribution in [0.3, 0.4) is 0 Å². The fourth-order valence-electron chi connectivity index (χ4n) is 2.18. The zero-order valence-corrected chi connectivity index (χ0v) is 12.8. The number of carbonyl (C=O) groups excluding carboxylic acids is 1. The van der Waals surface area contributed by atoms with Crippen LogP contribution in [-0.2, 0) is 4.79 Å². The van der Waals surface area contributed by atoms with E-state index in [1.807, 2.05) is 18.2 Å². The topological polar surface area (TPSA) is 41.1 Å². The predicted molar refractivity (Wildman–Crippen MR) is 85.0 cm³/mol. The van der Waals surface area contributed by atoms with Crippen molar-refractivity contribution in [2.24, 2.45) is 0 Å². The van der Waals surface area contributed by atoms with E-state index >= 15 is 0 Å². The molecule has 2 unspecified atom stereocenters. The van der Waals surface area contributed by atoms with Crippen molar-refractivity contribution >= 4 is 22.9 Å². The second-order valence-corrected chi connectivity index (χ2v) is 5.91. The lowest BCUT2D eigenvalue weighted by molar-refractivity contribution is -0.114. The maximum atomic E-state index is 11.1. The summed E-state index contributed by atoms with van der Waals surface area (Å²) >= 11 is 1.76. The largest absolute Gasteiger partial charge is 0.326 e. The summed E-state index contributed by atoms with van der Waals surface area (Å²) in [5.74, 6) is -0.0466. The fraction of sp³-hybridized carbons (Fsp3) is 0.312. The molecule has 20 heavy (non-hydrogen) atoms. The summed E-state index contributed by atoms with van der Waals surface area (Å²) in [5, 5.41) is 8.49. The van der Waals surface area contributed by atoms with Crippen molar-refractivity contribution in [1.82, 2.24) is 5.32 Å². The highest BCUT2D eigenvalue weighted by Gasteiger charge is 2.12. The number of hydrogen-bond donors (Lipinski definition) is 2. The van der Waals surface area contributed by atoms with Crippen LogP contribution in [0.15, 0.2) is 41.8 Å². The first-order chi connectivity index (χ1) is 9.56. The van der Waals surface area contributed by atoms with Gasteiger partial charge in [-0.25, -0.2) is 0 Å². The number of thiophene rings is 1. The smallest absolute Gasteiger partial charge is 0.221 e. The highest BCUT2D eigenvalue weighted by molar-refractivity contribution is 7.10. The lowest BCUT2D eigenvalue weighted by Crippen LogP contribution is -2.22. The first-order valence-electron chi connectivity index (χ1n) is 6.73. The molecule has 1 amide bonds. The molecule has 2 rings (SSSR count). The van der Waals surface area contributed by atoms with Crippen molar-refractivity contribution in [3.8, 4) is 0 Å². The Bertz CT molecular complexity index is 566. The van der Waals surface area contributed by atoms with Gasteiger partial charge >= 0.3 is 0 Å². The molecule has 1 heterocycles. The van der Waals surface area contributed by atoms with Crippen LogP contribution in [-0.4, -0.2) is 5.91 Å². The number of benzene rings is 1. The minimum absolute atomic E-state index is 0.0466. The van der Waals surface area contributed by atoms with Crippen molar-refractivity contribution < 1.29 is 4.79 Å². The van der Waals surface area contributed by atoms with Crippen LogP contribution < -0.4 is 10.6 Å². The van der Waals surface area contributed by atoms with E-state index in [4.69, 9.17) is 0 Å². The van der Waals surface area contributed by atoms with E-state index in [0.717, 1.165) is 5.69 Å². The number of rotatable bonds is 5. The van der Waals surface area contributed by atoms with Gasteiger partial charge in [0, 0.05) is 29.6 Å². The van der Waals surface area contributed by atoms with Gasteiger partial charge in [-0.1, -0.05) is 18.2 Å². The maximum absolute atomic E-state index is 11.1. The predicted octanol–water partition coefficient (Wildman–Crippen LogP) is 4.12. The molecule has 1 aromatic heterocycles. The monoisotopic (exact) mass is 288 g/mol. The Labute approximate surface area is 124 Å². The van der Waals surface area contributed by atoms with Gasteiger partial charge in [0.05, 0.1) is 0 Å². The van der Waals surface area contributed by atoms with Gasteiger partial charge < -0.3 is 10.6 Å². The third-order valence-corrected chi connectivity index (χ3v) is 4.23. The number of amides is 1. The molecule has 0 fully saturated rings. The van der Waals surface area contributed by atoms with Gasteiger partial charge in [-0.15, -0.1) is 11.3 Å². The third-order valence-electron chi connectivity index (χ3n) is 3.18. The number of carbonyl (C=O) groups is 1. The normalized spacial score (nSPS) is 13.8. The van der Waals surface area contributed by atoms with Crippen LogP contribution in [0.4, 0.5) is 5.69 Å². The van der Waals surface area contributed by atoms with Crippen molar-refractivity contribution in [3.63, 3.8) is 0 Å². The molecule has 0 radical (unpaired) electrons. The Morgan fingerprint density at radius 1 is 1.15 bits per heavy atom. The second kappa shape index (κ2) is 6.68. The molecule has 0 saturated carbocycles. The van der Waals surface area contributed by atoms with Crippen LogP contribution >= 0.6 is 11.3 Å². The van der Waals surface area contributed by atoms with Gasteiger partial charge in [-0.3, -0.25) is 4.79 Å². The van der Waals surface area contributed by atoms with Crippen LogP contribution in [0.1, 0.15) is 43.3 Å². The number of anilines is 1. The van der Waals surface area contributed by atoms with Crippen LogP contribution in [0, 0.1) is 0 Å². The van der Waals surface area contributed by atoms with Gasteiger partial charge in [0.1, 0.15) is 0 Å². The molecule has 0 saturated heterocycles. The zero-order valence-electron chi connectivity index (χ0n) is 12.0. The van der Waals surface area contributed by atoms with Gasteiger partial charge in [0.2, 0.25) is 5.91 Å². The van der Waals surface area contributed by atoms with Crippen molar-refractivity contribution in [1.29, 1.82) is 0 Å². The van der Waals surface area contributed by atoms with E-state index < -0.39 is 0 Å². The summed E-state index contributed by atoms with van der Waals surface area (Å²) in [7, 11) is 0. The first kappa shape index (κ1) is 14.8. The minimum Gasteiger partial charge on any atom is -0.326 e. The van der Waals surface area contributed by atoms with Crippen LogP contribution in [0.25, 0.3) is 0 Å². The minimum atomic E-state index is -0.0466. The Balaban J connectivity index is 2.05. The van der Waals surface area contributed by atoms with E-state index in [9.17, 15) is 4.79 Å². The van der Waals surface area contributed by atoms with Crippen LogP contribution in [0.2, 0.25) is 0 Å². The SMILES string of the molecule is CC(=O)Nc1cccc(C(C)NC(C)c2cccs2)c1. The van der Waals surface area contributed by atoms with Gasteiger partial charge in [0.25, 0.3) is 0 Å². The quantitative estimate of drug-likeness (QED) is 0.869. The van der Waals surface area contributed by atoms with Gasteiger partial charge in [-0.05, 0) is 43.0 Å². The molecule has 3 nitrogen and oxygen atoms in total. The molecule has 106 valence electrons. The van der Waals surface area contributed by atoms with E-state index in [0.29, 0.717) is 6.04 Å². The standard InChI is InChI=1S/C16H20N2OS/c1-11(17-12(2)16-8-5-9-20-16)14-6-4-7-15(10-14)18-13(3)19/h4-12,17H,1-3H3,(H,18,19). The molecule has 4 heteroatoms. The molecule has 2 atom stereocenters. The summed E-state index contributed by atoms with van der Waals surface area (Å²) < 4.78 is 0. The average molecular weight is 288 g/mol.